The summed E-state index contributed by atoms with van der Waals surface area (Å²) in [6.45, 7) is 17.7. The molecule has 0 bridgehead atoms. The smallest absolute Gasteiger partial charge is 0.0125 e. The molecule has 1 aliphatic rings. The maximum Gasteiger partial charge on any atom is -0.0125 e. The summed E-state index contributed by atoms with van der Waals surface area (Å²) in [7, 11) is 0. The van der Waals surface area contributed by atoms with Crippen LogP contribution in [0.1, 0.15) is 71.2 Å². The Kier molecular flexibility index (Phi) is 14.9. The van der Waals surface area contributed by atoms with E-state index in [9.17, 15) is 0 Å². The number of rotatable bonds is 4. The molecule has 0 spiro atoms. The molecule has 0 saturated heterocycles. The topological polar surface area (TPSA) is 0 Å². The Balaban J connectivity index is 0.000000443. The molecule has 0 N–H and O–H groups in total. The molecule has 0 aliphatic heterocycles. The Labute approximate surface area is 293 Å². The van der Waals surface area contributed by atoms with E-state index in [2.05, 4.69) is 116 Å². The Morgan fingerprint density at radius 2 is 1.16 bits per heavy atom. The fourth-order valence-electron chi connectivity index (χ4n) is 6.23. The second-order valence-electron chi connectivity index (χ2n) is 11.6. The molecule has 228 valence electrons. The van der Waals surface area contributed by atoms with Crippen LogP contribution in [0.5, 0.6) is 0 Å². The van der Waals surface area contributed by atoms with Gasteiger partial charge in [-0.05, 0) is 70.2 Å². The second-order valence-corrected chi connectivity index (χ2v) is 13.4. The van der Waals surface area contributed by atoms with E-state index in [1.54, 1.807) is 27.4 Å². The van der Waals surface area contributed by atoms with Gasteiger partial charge in [0.15, 0.2) is 0 Å². The van der Waals surface area contributed by atoms with Crippen LogP contribution in [-0.2, 0) is 30.7 Å². The summed E-state index contributed by atoms with van der Waals surface area (Å²) in [6.07, 6.45) is 3.55. The normalized spacial score (nSPS) is 10.6. The minimum Gasteiger partial charge on any atom is -1.00 e. The van der Waals surface area contributed by atoms with Gasteiger partial charge in [-0.25, -0.2) is 12.1 Å². The van der Waals surface area contributed by atoms with Crippen LogP contribution >= 0.6 is 0 Å². The van der Waals surface area contributed by atoms with Crippen molar-refractivity contribution in [1.82, 2.24) is 0 Å². The third kappa shape index (κ3) is 9.06. The van der Waals surface area contributed by atoms with Crippen molar-refractivity contribution in [3.05, 3.63) is 136 Å². The third-order valence-corrected chi connectivity index (χ3v) is 9.87. The van der Waals surface area contributed by atoms with Crippen LogP contribution in [0.2, 0.25) is 0 Å². The fraction of sp³-hybridized carbons (Fsp3) is 0.268. The minimum atomic E-state index is 0. The van der Waals surface area contributed by atoms with Gasteiger partial charge in [0.1, 0.15) is 0 Å². The van der Waals surface area contributed by atoms with Gasteiger partial charge in [0, 0.05) is 0 Å². The van der Waals surface area contributed by atoms with Gasteiger partial charge in [-0.1, -0.05) is 81.4 Å². The van der Waals surface area contributed by atoms with E-state index < -0.39 is 0 Å². The summed E-state index contributed by atoms with van der Waals surface area (Å²) in [4.78, 5) is 0. The van der Waals surface area contributed by atoms with Crippen LogP contribution in [0.25, 0.3) is 33.4 Å². The summed E-state index contributed by atoms with van der Waals surface area (Å²) >= 11 is 1.62. The van der Waals surface area contributed by atoms with Crippen LogP contribution in [0.3, 0.4) is 0 Å². The SMILES string of the molecule is CC[C](=[Zr+2])CC.Cc1cc(C)c(-c2c[c-]c3c(c2)-c2cc(-c4c(C)cc(C)cc4C)ccc2C3)c(C)c1.[Cl-].[Cl-].c1cc[cH-]c1. The molecule has 0 radical (unpaired) electrons. The fourth-order valence-corrected chi connectivity index (χ4v) is 6.23. The van der Waals surface area contributed by atoms with Crippen LogP contribution in [0.15, 0.2) is 84.9 Å². The van der Waals surface area contributed by atoms with Gasteiger partial charge in [0.2, 0.25) is 0 Å². The van der Waals surface area contributed by atoms with Gasteiger partial charge in [-0.15, -0.1) is 11.1 Å². The van der Waals surface area contributed by atoms with E-state index in [1.807, 2.05) is 30.3 Å². The van der Waals surface area contributed by atoms with Crippen molar-refractivity contribution < 1.29 is 49.0 Å². The van der Waals surface area contributed by atoms with Gasteiger partial charge in [0.05, 0.1) is 0 Å². The first-order valence-electron chi connectivity index (χ1n) is 15.2. The molecule has 0 aromatic heterocycles. The van der Waals surface area contributed by atoms with Crippen molar-refractivity contribution >= 4 is 3.21 Å². The van der Waals surface area contributed by atoms with Crippen molar-refractivity contribution in [3.63, 3.8) is 0 Å². The predicted molar refractivity (Wildman–Crippen MR) is 180 cm³/mol. The summed E-state index contributed by atoms with van der Waals surface area (Å²) in [5, 5.41) is 0. The standard InChI is InChI=1S/C31H29.C5H5.C5H10.2ClH.Zr/c1-18-11-20(3)30(21(4)12-18)26-9-7-24-15-25-8-10-27(17-29(25)28(24)16-26)31-22(5)13-19(2)14-23(31)6;1-2-4-5-3-1;1-3-5-4-2;;;/h7,9-14,16-17H,15H2,1-6H3;1-5H;3-4H2,1-2H3;2*1H;/q2*-1;;;;+2/p-2. The largest absolute Gasteiger partial charge is 1.00 e. The number of fused-ring (bicyclic) bond motifs is 3. The molecule has 0 amide bonds. The molecule has 0 atom stereocenters. The van der Waals surface area contributed by atoms with Crippen molar-refractivity contribution in [1.29, 1.82) is 0 Å². The molecule has 5 aromatic rings. The van der Waals surface area contributed by atoms with Crippen molar-refractivity contribution in [2.24, 2.45) is 0 Å². The molecule has 0 heterocycles. The zero-order valence-electron chi connectivity index (χ0n) is 27.5. The van der Waals surface area contributed by atoms with Crippen molar-refractivity contribution in [2.45, 2.75) is 74.7 Å². The molecular formula is C41H44Cl2Zr-2. The van der Waals surface area contributed by atoms with E-state index in [0.29, 0.717) is 0 Å². The Hall–Kier alpha value is -2.44. The van der Waals surface area contributed by atoms with Crippen molar-refractivity contribution in [3.8, 4) is 33.4 Å². The monoisotopic (exact) mass is 696 g/mol. The summed E-state index contributed by atoms with van der Waals surface area (Å²) in [5.41, 5.74) is 18.8. The predicted octanol–water partition coefficient (Wildman–Crippen LogP) is 5.18. The molecule has 1 aliphatic carbocycles. The van der Waals surface area contributed by atoms with Gasteiger partial charge in [-0.3, -0.25) is 0 Å². The summed E-state index contributed by atoms with van der Waals surface area (Å²) in [6, 6.07) is 34.4. The number of aryl methyl sites for hydroxylation is 6. The number of hydrogen-bond acceptors (Lipinski definition) is 0. The average Bonchev–Trinajstić information content (AvgIpc) is 3.64. The number of benzene rings is 4. The zero-order chi connectivity index (χ0) is 30.4. The van der Waals surface area contributed by atoms with Crippen LogP contribution in [0, 0.1) is 47.6 Å². The molecule has 0 nitrogen and oxygen atoms in total. The average molecular weight is 699 g/mol. The van der Waals surface area contributed by atoms with E-state index >= 15 is 0 Å². The van der Waals surface area contributed by atoms with Gasteiger partial charge in [-0.2, -0.15) is 42.0 Å². The van der Waals surface area contributed by atoms with Crippen LogP contribution in [-0.4, -0.2) is 3.21 Å². The second kappa shape index (κ2) is 17.3. The Morgan fingerprint density at radius 3 is 1.59 bits per heavy atom. The van der Waals surface area contributed by atoms with Crippen LogP contribution in [0.4, 0.5) is 0 Å². The number of halogens is 2. The third-order valence-electron chi connectivity index (χ3n) is 8.13. The van der Waals surface area contributed by atoms with Gasteiger partial charge < -0.3 is 24.8 Å². The maximum atomic E-state index is 3.62. The quantitative estimate of drug-likeness (QED) is 0.223. The molecule has 3 heteroatoms. The number of hydrogen-bond donors (Lipinski definition) is 0. The first-order valence-corrected chi connectivity index (χ1v) is 16.4. The van der Waals surface area contributed by atoms with Gasteiger partial charge >= 0.3 is 54.1 Å². The van der Waals surface area contributed by atoms with Gasteiger partial charge in [0.25, 0.3) is 0 Å². The van der Waals surface area contributed by atoms with E-state index in [0.717, 1.165) is 6.42 Å². The molecular weight excluding hydrogens is 655 g/mol. The molecule has 0 saturated carbocycles. The first kappa shape index (κ1) is 37.7. The van der Waals surface area contributed by atoms with Crippen LogP contribution < -0.4 is 24.8 Å². The maximum absolute atomic E-state index is 3.62. The molecule has 0 fully saturated rings. The minimum absolute atomic E-state index is 0. The van der Waals surface area contributed by atoms with Crippen molar-refractivity contribution in [2.75, 3.05) is 0 Å². The van der Waals surface area contributed by atoms with E-state index in [4.69, 9.17) is 0 Å². The van der Waals surface area contributed by atoms with E-state index in [1.165, 1.54) is 90.7 Å². The molecule has 6 rings (SSSR count). The zero-order valence-corrected chi connectivity index (χ0v) is 31.4. The molecule has 44 heavy (non-hydrogen) atoms. The van der Waals surface area contributed by atoms with E-state index in [-0.39, 0.29) is 24.8 Å². The summed E-state index contributed by atoms with van der Waals surface area (Å²) in [5.74, 6) is 0. The summed E-state index contributed by atoms with van der Waals surface area (Å²) < 4.78 is 1.68. The Bertz CT molecular complexity index is 1520. The Morgan fingerprint density at radius 1 is 0.682 bits per heavy atom. The molecule has 0 unspecified atom stereocenters. The molecule has 5 aromatic carbocycles. The first-order chi connectivity index (χ1) is 20.1.